The molecule has 0 unspecified atom stereocenters. The number of rotatable bonds is 18. The van der Waals surface area contributed by atoms with Crippen molar-refractivity contribution in [2.24, 2.45) is 32.9 Å². The molecule has 4 rings (SSSR count). The largest absolute Gasteiger partial charge is 0.457 e. The third-order valence-electron chi connectivity index (χ3n) is 7.04. The first-order valence-electron chi connectivity index (χ1n) is 16.0. The summed E-state index contributed by atoms with van der Waals surface area (Å²) in [6.45, 7) is 0.992. The first-order valence-corrected chi connectivity index (χ1v) is 17.2. The lowest BCUT2D eigenvalue weighted by Gasteiger charge is -2.10. The number of unbranched alkanes of at least 4 members (excludes halogenated alkanes) is 2. The Labute approximate surface area is 293 Å². The van der Waals surface area contributed by atoms with Gasteiger partial charge in [0, 0.05) is 47.1 Å². The summed E-state index contributed by atoms with van der Waals surface area (Å²) in [7, 11) is -1.41. The third kappa shape index (κ3) is 13.0. The van der Waals surface area contributed by atoms with Gasteiger partial charge < -0.3 is 43.0 Å². The van der Waals surface area contributed by atoms with E-state index in [1.807, 2.05) is 0 Å². The highest BCUT2D eigenvalue weighted by Crippen LogP contribution is 2.28. The minimum Gasteiger partial charge on any atom is -0.457 e. The SMILES string of the molecule is NC(N)=NCCCCC(=O)Nc1ccc(Oc2ccc(S(=O)c3ccc(Oc4ccc(NC(=O)CCCCN=C(N)N)cc4)cc3)cc2)cc1. The average Bonchev–Trinajstić information content (AvgIpc) is 3.10. The number of carbonyl (C=O) groups excluding carboxylic acids is 2. The summed E-state index contributed by atoms with van der Waals surface area (Å²) >= 11 is 0. The van der Waals surface area contributed by atoms with E-state index in [0.29, 0.717) is 82.9 Å². The van der Waals surface area contributed by atoms with Gasteiger partial charge in [-0.25, -0.2) is 4.21 Å². The Balaban J connectivity index is 1.21. The minimum absolute atomic E-state index is 0.0488. The summed E-state index contributed by atoms with van der Waals surface area (Å²) in [5.41, 5.74) is 22.5. The minimum atomic E-state index is -1.41. The van der Waals surface area contributed by atoms with Crippen molar-refractivity contribution in [1.82, 2.24) is 0 Å². The van der Waals surface area contributed by atoms with Crippen molar-refractivity contribution < 1.29 is 23.3 Å². The molecular formula is C36H42N8O5S. The van der Waals surface area contributed by atoms with Crippen LogP contribution in [-0.2, 0) is 20.4 Å². The lowest BCUT2D eigenvalue weighted by atomic mass is 10.2. The quantitative estimate of drug-likeness (QED) is 0.0456. The van der Waals surface area contributed by atoms with Crippen LogP contribution in [0.4, 0.5) is 11.4 Å². The zero-order valence-corrected chi connectivity index (χ0v) is 28.4. The molecule has 0 spiro atoms. The molecule has 262 valence electrons. The summed E-state index contributed by atoms with van der Waals surface area (Å²) in [6, 6.07) is 28.1. The molecule has 0 aliphatic carbocycles. The van der Waals surface area contributed by atoms with Crippen molar-refractivity contribution in [3.8, 4) is 23.0 Å². The van der Waals surface area contributed by atoms with E-state index in [1.54, 1.807) is 97.1 Å². The Hall–Kier alpha value is -5.89. The summed E-state index contributed by atoms with van der Waals surface area (Å²) in [5, 5.41) is 5.72. The normalized spacial score (nSPS) is 10.6. The summed E-state index contributed by atoms with van der Waals surface area (Å²) in [5.74, 6) is 2.27. The number of nitrogens with one attached hydrogen (secondary N) is 2. The molecule has 0 radical (unpaired) electrons. The number of anilines is 2. The van der Waals surface area contributed by atoms with Gasteiger partial charge in [0.15, 0.2) is 11.9 Å². The maximum absolute atomic E-state index is 13.2. The van der Waals surface area contributed by atoms with E-state index in [0.717, 1.165) is 12.8 Å². The molecule has 0 saturated heterocycles. The lowest BCUT2D eigenvalue weighted by molar-refractivity contribution is -0.117. The lowest BCUT2D eigenvalue weighted by Crippen LogP contribution is -2.23. The molecule has 0 heterocycles. The van der Waals surface area contributed by atoms with Crippen molar-refractivity contribution in [3.63, 3.8) is 0 Å². The standard InChI is InChI=1S/C36H42N8O5S/c37-35(38)41-23-3-1-5-33(45)43-25-7-11-27(12-8-25)48-29-15-19-31(20-16-29)50(47)32-21-17-30(18-22-32)49-28-13-9-26(10-14-28)44-34(46)6-2-4-24-42-36(39)40/h7-22H,1-6,23-24H2,(H,43,45)(H,44,46)(H4,37,38,41)(H4,39,40,42). The predicted octanol–water partition coefficient (Wildman–Crippen LogP) is 5.20. The highest BCUT2D eigenvalue weighted by Gasteiger charge is 2.10. The van der Waals surface area contributed by atoms with E-state index in [4.69, 9.17) is 32.4 Å². The van der Waals surface area contributed by atoms with Gasteiger partial charge in [-0.2, -0.15) is 0 Å². The van der Waals surface area contributed by atoms with Gasteiger partial charge in [-0.15, -0.1) is 0 Å². The first-order chi connectivity index (χ1) is 24.1. The molecule has 50 heavy (non-hydrogen) atoms. The van der Waals surface area contributed by atoms with Crippen LogP contribution in [0.1, 0.15) is 38.5 Å². The Morgan fingerprint density at radius 3 is 1.16 bits per heavy atom. The molecule has 4 aromatic carbocycles. The van der Waals surface area contributed by atoms with Crippen LogP contribution < -0.4 is 43.0 Å². The number of ether oxygens (including phenoxy) is 2. The number of amides is 2. The molecule has 4 aromatic rings. The summed E-state index contributed by atoms with van der Waals surface area (Å²) in [6.07, 6.45) is 3.53. The van der Waals surface area contributed by atoms with Crippen LogP contribution in [-0.4, -0.2) is 41.0 Å². The number of nitrogens with two attached hydrogens (primary N) is 4. The molecule has 10 N–H and O–H groups in total. The highest BCUT2D eigenvalue weighted by molar-refractivity contribution is 7.85. The Kier molecular flexibility index (Phi) is 14.2. The van der Waals surface area contributed by atoms with Crippen molar-refractivity contribution >= 4 is 45.9 Å². The van der Waals surface area contributed by atoms with E-state index in [2.05, 4.69) is 20.6 Å². The van der Waals surface area contributed by atoms with E-state index in [9.17, 15) is 13.8 Å². The van der Waals surface area contributed by atoms with Crippen LogP contribution in [0.3, 0.4) is 0 Å². The molecule has 0 atom stereocenters. The molecular weight excluding hydrogens is 657 g/mol. The van der Waals surface area contributed by atoms with Crippen LogP contribution in [0.5, 0.6) is 23.0 Å². The van der Waals surface area contributed by atoms with Crippen LogP contribution in [0.2, 0.25) is 0 Å². The van der Waals surface area contributed by atoms with E-state index in [1.165, 1.54) is 0 Å². The van der Waals surface area contributed by atoms with Gasteiger partial charge >= 0.3 is 0 Å². The number of carbonyl (C=O) groups is 2. The van der Waals surface area contributed by atoms with Crippen molar-refractivity contribution in [1.29, 1.82) is 0 Å². The molecule has 13 nitrogen and oxygen atoms in total. The zero-order valence-electron chi connectivity index (χ0n) is 27.5. The molecule has 0 fully saturated rings. The van der Waals surface area contributed by atoms with Crippen molar-refractivity contribution in [2.75, 3.05) is 23.7 Å². The first kappa shape index (κ1) is 36.9. The predicted molar refractivity (Wildman–Crippen MR) is 197 cm³/mol. The van der Waals surface area contributed by atoms with Gasteiger partial charge in [0.2, 0.25) is 11.8 Å². The summed E-state index contributed by atoms with van der Waals surface area (Å²) < 4.78 is 25.1. The van der Waals surface area contributed by atoms with Gasteiger partial charge in [0.25, 0.3) is 0 Å². The van der Waals surface area contributed by atoms with Gasteiger partial charge in [-0.05, 0) is 123 Å². The Morgan fingerprint density at radius 2 is 0.840 bits per heavy atom. The summed E-state index contributed by atoms with van der Waals surface area (Å²) in [4.78, 5) is 33.4. The highest BCUT2D eigenvalue weighted by atomic mass is 32.2. The number of guanidine groups is 2. The fourth-order valence-corrected chi connectivity index (χ4v) is 5.58. The second-order valence-corrected chi connectivity index (χ2v) is 12.6. The Bertz CT molecular complexity index is 1640. The molecule has 2 amide bonds. The van der Waals surface area contributed by atoms with E-state index >= 15 is 0 Å². The van der Waals surface area contributed by atoms with Crippen LogP contribution >= 0.6 is 0 Å². The van der Waals surface area contributed by atoms with Crippen LogP contribution in [0.25, 0.3) is 0 Å². The number of benzene rings is 4. The molecule has 0 aliphatic heterocycles. The monoisotopic (exact) mass is 698 g/mol. The van der Waals surface area contributed by atoms with Gasteiger partial charge in [0.1, 0.15) is 23.0 Å². The maximum atomic E-state index is 13.2. The van der Waals surface area contributed by atoms with Gasteiger partial charge in [-0.3, -0.25) is 19.6 Å². The van der Waals surface area contributed by atoms with E-state index in [-0.39, 0.29) is 23.7 Å². The molecule has 14 heteroatoms. The molecule has 0 aliphatic rings. The fourth-order valence-electron chi connectivity index (χ4n) is 4.54. The van der Waals surface area contributed by atoms with Crippen molar-refractivity contribution in [2.45, 2.75) is 48.3 Å². The Morgan fingerprint density at radius 1 is 0.520 bits per heavy atom. The van der Waals surface area contributed by atoms with E-state index < -0.39 is 10.8 Å². The number of aliphatic imine (C=N–C) groups is 2. The third-order valence-corrected chi connectivity index (χ3v) is 8.44. The second-order valence-electron chi connectivity index (χ2n) is 11.1. The molecule has 0 aromatic heterocycles. The van der Waals surface area contributed by atoms with Crippen LogP contribution in [0, 0.1) is 0 Å². The van der Waals surface area contributed by atoms with Crippen molar-refractivity contribution in [3.05, 3.63) is 97.1 Å². The average molecular weight is 699 g/mol. The number of nitrogens with zero attached hydrogens (tertiary/aromatic N) is 2. The fraction of sp³-hybridized carbons (Fsp3) is 0.222. The van der Waals surface area contributed by atoms with Crippen LogP contribution in [0.15, 0.2) is 117 Å². The van der Waals surface area contributed by atoms with Gasteiger partial charge in [-0.1, -0.05) is 0 Å². The number of hydrogen-bond donors (Lipinski definition) is 6. The second kappa shape index (κ2) is 19.2. The molecule has 0 saturated carbocycles. The smallest absolute Gasteiger partial charge is 0.224 e. The topological polar surface area (TPSA) is 223 Å². The van der Waals surface area contributed by atoms with Gasteiger partial charge in [0.05, 0.1) is 10.8 Å². The zero-order chi connectivity index (χ0) is 35.7. The maximum Gasteiger partial charge on any atom is 0.224 e. The number of hydrogen-bond acceptors (Lipinski definition) is 7. The molecule has 0 bridgehead atoms.